The van der Waals surface area contributed by atoms with Crippen molar-refractivity contribution in [1.29, 1.82) is 0 Å². The molecule has 1 rings (SSSR count). The van der Waals surface area contributed by atoms with Gasteiger partial charge in [-0.2, -0.15) is 0 Å². The third kappa shape index (κ3) is 8.57. The first-order chi connectivity index (χ1) is 11.7. The largest absolute Gasteiger partial charge is 0.493 e. The molecule has 1 amide bonds. The minimum Gasteiger partial charge on any atom is -0.493 e. The number of ether oxygens (including phenoxy) is 2. The van der Waals surface area contributed by atoms with Gasteiger partial charge in [-0.25, -0.2) is 0 Å². The first-order valence-corrected chi connectivity index (χ1v) is 9.95. The second-order valence-corrected chi connectivity index (χ2v) is 6.61. The summed E-state index contributed by atoms with van der Waals surface area (Å²) < 4.78 is 10.9. The van der Waals surface area contributed by atoms with E-state index in [-0.39, 0.29) is 5.91 Å². The average Bonchev–Trinajstić information content (AvgIpc) is 2.59. The number of hydrogen-bond donors (Lipinski definition) is 1. The molecular formula is C19H30BrNO3. The maximum atomic E-state index is 12.0. The summed E-state index contributed by atoms with van der Waals surface area (Å²) in [7, 11) is 1.61. The highest BCUT2D eigenvalue weighted by atomic mass is 79.9. The van der Waals surface area contributed by atoms with E-state index in [1.807, 2.05) is 18.2 Å². The lowest BCUT2D eigenvalue weighted by molar-refractivity contribution is -0.120. The van der Waals surface area contributed by atoms with Crippen LogP contribution in [-0.4, -0.2) is 31.5 Å². The number of halogens is 1. The van der Waals surface area contributed by atoms with Crippen molar-refractivity contribution in [2.45, 2.75) is 51.9 Å². The predicted octanol–water partition coefficient (Wildman–Crippen LogP) is 4.49. The number of hydrogen-bond acceptors (Lipinski definition) is 3. The molecule has 0 atom stereocenters. The van der Waals surface area contributed by atoms with Crippen molar-refractivity contribution in [3.05, 3.63) is 23.8 Å². The minimum absolute atomic E-state index is 0.0553. The highest BCUT2D eigenvalue weighted by Crippen LogP contribution is 2.28. The molecule has 24 heavy (non-hydrogen) atoms. The summed E-state index contributed by atoms with van der Waals surface area (Å²) in [5.74, 6) is 1.42. The zero-order valence-electron chi connectivity index (χ0n) is 14.9. The van der Waals surface area contributed by atoms with E-state index in [4.69, 9.17) is 9.47 Å². The average molecular weight is 400 g/mol. The molecule has 0 unspecified atom stereocenters. The quantitative estimate of drug-likeness (QED) is 0.392. The number of amides is 1. The van der Waals surface area contributed by atoms with Gasteiger partial charge in [-0.1, -0.05) is 61.0 Å². The van der Waals surface area contributed by atoms with Crippen LogP contribution in [-0.2, 0) is 11.2 Å². The van der Waals surface area contributed by atoms with Crippen LogP contribution in [0.2, 0.25) is 0 Å². The predicted molar refractivity (Wildman–Crippen MR) is 102 cm³/mol. The van der Waals surface area contributed by atoms with Crippen LogP contribution in [0.25, 0.3) is 0 Å². The first kappa shape index (κ1) is 20.8. The Morgan fingerprint density at radius 1 is 1.12 bits per heavy atom. The van der Waals surface area contributed by atoms with Gasteiger partial charge in [0.15, 0.2) is 11.5 Å². The lowest BCUT2D eigenvalue weighted by Gasteiger charge is -2.11. The van der Waals surface area contributed by atoms with E-state index in [1.165, 1.54) is 32.1 Å². The van der Waals surface area contributed by atoms with Gasteiger partial charge >= 0.3 is 0 Å². The molecule has 0 saturated heterocycles. The number of rotatable bonds is 13. The van der Waals surface area contributed by atoms with Gasteiger partial charge in [-0.05, 0) is 24.1 Å². The van der Waals surface area contributed by atoms with Crippen LogP contribution in [0.1, 0.15) is 51.0 Å². The standard InChI is InChI=1S/C19H30BrNO3/c1-3-4-5-6-7-8-12-21-19(22)15-16-9-10-17(24-13-11-20)18(14-16)23-2/h9-10,14H,3-8,11-13,15H2,1-2H3,(H,21,22). The molecule has 5 heteroatoms. The van der Waals surface area contributed by atoms with Gasteiger partial charge in [-0.15, -0.1) is 0 Å². The van der Waals surface area contributed by atoms with Crippen LogP contribution >= 0.6 is 15.9 Å². The number of carbonyl (C=O) groups is 1. The molecule has 0 bridgehead atoms. The molecule has 4 nitrogen and oxygen atoms in total. The van der Waals surface area contributed by atoms with E-state index in [0.717, 1.165) is 23.9 Å². The Kier molecular flexibility index (Phi) is 11.4. The number of benzene rings is 1. The van der Waals surface area contributed by atoms with Crippen molar-refractivity contribution in [2.75, 3.05) is 25.6 Å². The summed E-state index contributed by atoms with van der Waals surface area (Å²) in [6.07, 6.45) is 7.74. The highest BCUT2D eigenvalue weighted by molar-refractivity contribution is 9.09. The molecule has 0 aromatic heterocycles. The normalized spacial score (nSPS) is 10.5. The van der Waals surface area contributed by atoms with Gasteiger partial charge in [0.05, 0.1) is 20.1 Å². The Hall–Kier alpha value is -1.23. The summed E-state index contributed by atoms with van der Waals surface area (Å²) in [5, 5.41) is 3.75. The number of carbonyl (C=O) groups excluding carboxylic acids is 1. The van der Waals surface area contributed by atoms with Crippen molar-refractivity contribution < 1.29 is 14.3 Å². The fraction of sp³-hybridized carbons (Fsp3) is 0.632. The number of alkyl halides is 1. The Labute approximate surface area is 154 Å². The Balaban J connectivity index is 2.33. The third-order valence-corrected chi connectivity index (χ3v) is 4.10. The molecular weight excluding hydrogens is 370 g/mol. The van der Waals surface area contributed by atoms with E-state index in [2.05, 4.69) is 28.2 Å². The molecule has 0 aliphatic heterocycles. The smallest absolute Gasteiger partial charge is 0.224 e. The molecule has 0 aliphatic rings. The SMILES string of the molecule is CCCCCCCCNC(=O)Cc1ccc(OCCBr)c(OC)c1. The molecule has 0 aliphatic carbocycles. The summed E-state index contributed by atoms with van der Waals surface area (Å²) in [4.78, 5) is 12.0. The second-order valence-electron chi connectivity index (χ2n) is 5.82. The minimum atomic E-state index is 0.0553. The van der Waals surface area contributed by atoms with Crippen molar-refractivity contribution in [3.8, 4) is 11.5 Å². The molecule has 136 valence electrons. The number of methoxy groups -OCH3 is 1. The molecule has 1 aromatic carbocycles. The van der Waals surface area contributed by atoms with Crippen LogP contribution in [0.4, 0.5) is 0 Å². The van der Waals surface area contributed by atoms with Crippen LogP contribution in [0.3, 0.4) is 0 Å². The molecule has 1 N–H and O–H groups in total. The van der Waals surface area contributed by atoms with E-state index in [9.17, 15) is 4.79 Å². The maximum absolute atomic E-state index is 12.0. The van der Waals surface area contributed by atoms with E-state index >= 15 is 0 Å². The lowest BCUT2D eigenvalue weighted by atomic mass is 10.1. The topological polar surface area (TPSA) is 47.6 Å². The van der Waals surface area contributed by atoms with Crippen LogP contribution in [0.5, 0.6) is 11.5 Å². The van der Waals surface area contributed by atoms with E-state index < -0.39 is 0 Å². The van der Waals surface area contributed by atoms with Gasteiger partial charge in [0.2, 0.25) is 5.91 Å². The van der Waals surface area contributed by atoms with Crippen molar-refractivity contribution in [2.24, 2.45) is 0 Å². The fourth-order valence-corrected chi connectivity index (χ4v) is 2.63. The fourth-order valence-electron chi connectivity index (χ4n) is 2.47. The molecule has 1 aromatic rings. The molecule has 0 fully saturated rings. The lowest BCUT2D eigenvalue weighted by Crippen LogP contribution is -2.26. The summed E-state index contributed by atoms with van der Waals surface area (Å²) in [6.45, 7) is 3.55. The Morgan fingerprint density at radius 2 is 1.88 bits per heavy atom. The van der Waals surface area contributed by atoms with E-state index in [1.54, 1.807) is 7.11 Å². The van der Waals surface area contributed by atoms with Gasteiger partial charge in [0.25, 0.3) is 0 Å². The van der Waals surface area contributed by atoms with Gasteiger partial charge in [0.1, 0.15) is 0 Å². The van der Waals surface area contributed by atoms with Crippen molar-refractivity contribution in [3.63, 3.8) is 0 Å². The zero-order chi connectivity index (χ0) is 17.6. The Bertz CT molecular complexity index is 480. The summed E-state index contributed by atoms with van der Waals surface area (Å²) >= 11 is 3.33. The summed E-state index contributed by atoms with van der Waals surface area (Å²) in [6, 6.07) is 5.64. The van der Waals surface area contributed by atoms with Crippen LogP contribution < -0.4 is 14.8 Å². The van der Waals surface area contributed by atoms with Crippen LogP contribution in [0, 0.1) is 0 Å². The zero-order valence-corrected chi connectivity index (χ0v) is 16.5. The van der Waals surface area contributed by atoms with Crippen molar-refractivity contribution in [1.82, 2.24) is 5.32 Å². The van der Waals surface area contributed by atoms with E-state index in [0.29, 0.717) is 24.5 Å². The maximum Gasteiger partial charge on any atom is 0.224 e. The highest BCUT2D eigenvalue weighted by Gasteiger charge is 2.08. The molecule has 0 saturated carbocycles. The first-order valence-electron chi connectivity index (χ1n) is 8.83. The molecule has 0 spiro atoms. The molecule has 0 heterocycles. The van der Waals surface area contributed by atoms with Crippen LogP contribution in [0.15, 0.2) is 18.2 Å². The third-order valence-electron chi connectivity index (χ3n) is 3.78. The van der Waals surface area contributed by atoms with Gasteiger partial charge in [0, 0.05) is 11.9 Å². The monoisotopic (exact) mass is 399 g/mol. The molecule has 0 radical (unpaired) electrons. The Morgan fingerprint density at radius 3 is 2.58 bits per heavy atom. The number of nitrogens with one attached hydrogen (secondary N) is 1. The van der Waals surface area contributed by atoms with Gasteiger partial charge < -0.3 is 14.8 Å². The van der Waals surface area contributed by atoms with Gasteiger partial charge in [-0.3, -0.25) is 4.79 Å². The second kappa shape index (κ2) is 13.1. The van der Waals surface area contributed by atoms with Crippen molar-refractivity contribution >= 4 is 21.8 Å². The number of unbranched alkanes of at least 4 members (excludes halogenated alkanes) is 5. The summed E-state index contributed by atoms with van der Waals surface area (Å²) in [5.41, 5.74) is 0.929.